The second-order valence-corrected chi connectivity index (χ2v) is 4.84. The molecule has 1 aromatic rings. The van der Waals surface area contributed by atoms with Crippen molar-refractivity contribution >= 4 is 11.9 Å². The van der Waals surface area contributed by atoms with Crippen molar-refractivity contribution in [2.24, 2.45) is 0 Å². The molecule has 0 aliphatic heterocycles. The molecule has 1 rings (SSSR count). The van der Waals surface area contributed by atoms with Gasteiger partial charge in [-0.05, 0) is 27.4 Å². The molecule has 0 unspecified atom stereocenters. The summed E-state index contributed by atoms with van der Waals surface area (Å²) in [6.45, 7) is 4.50. The van der Waals surface area contributed by atoms with Gasteiger partial charge in [0, 0.05) is 18.8 Å². The Labute approximate surface area is 114 Å². The summed E-state index contributed by atoms with van der Waals surface area (Å²) in [4.78, 5) is 22.0. The maximum Gasteiger partial charge on any atom is 0.254 e. The Hall–Kier alpha value is -1.69. The summed E-state index contributed by atoms with van der Waals surface area (Å²) in [5.74, 6) is 0.0339. The van der Waals surface area contributed by atoms with Crippen molar-refractivity contribution in [1.29, 1.82) is 0 Å². The molecular formula is C13H23N5O. The number of nitrogens with zero attached hydrogens (tertiary/aromatic N) is 3. The van der Waals surface area contributed by atoms with E-state index in [1.165, 1.54) is 6.20 Å². The SMILES string of the molecule is CCC[C@@H](CNC(=O)c1cnc(N)nc1C)N(C)C. The third-order valence-electron chi connectivity index (χ3n) is 3.09. The molecule has 106 valence electrons. The van der Waals surface area contributed by atoms with E-state index in [0.717, 1.165) is 12.8 Å². The average molecular weight is 265 g/mol. The van der Waals surface area contributed by atoms with Gasteiger partial charge in [-0.15, -0.1) is 0 Å². The van der Waals surface area contributed by atoms with Gasteiger partial charge in [-0.2, -0.15) is 0 Å². The molecule has 0 saturated heterocycles. The number of aromatic nitrogens is 2. The first-order valence-electron chi connectivity index (χ1n) is 6.49. The van der Waals surface area contributed by atoms with E-state index < -0.39 is 0 Å². The van der Waals surface area contributed by atoms with Gasteiger partial charge >= 0.3 is 0 Å². The number of nitrogen functional groups attached to an aromatic ring is 1. The minimum absolute atomic E-state index is 0.152. The zero-order chi connectivity index (χ0) is 14.4. The number of rotatable bonds is 6. The molecule has 6 nitrogen and oxygen atoms in total. The quantitative estimate of drug-likeness (QED) is 0.796. The molecule has 1 atom stereocenters. The first kappa shape index (κ1) is 15.4. The Balaban J connectivity index is 2.64. The van der Waals surface area contributed by atoms with Crippen molar-refractivity contribution < 1.29 is 4.79 Å². The van der Waals surface area contributed by atoms with Gasteiger partial charge in [-0.3, -0.25) is 4.79 Å². The molecule has 0 radical (unpaired) electrons. The molecule has 3 N–H and O–H groups in total. The lowest BCUT2D eigenvalue weighted by atomic mass is 10.1. The summed E-state index contributed by atoms with van der Waals surface area (Å²) >= 11 is 0. The number of aryl methyl sites for hydroxylation is 1. The summed E-state index contributed by atoms with van der Waals surface area (Å²) < 4.78 is 0. The van der Waals surface area contributed by atoms with Crippen LogP contribution in [0.15, 0.2) is 6.20 Å². The molecule has 1 amide bonds. The Kier molecular flexibility index (Phi) is 5.69. The first-order chi connectivity index (χ1) is 8.95. The van der Waals surface area contributed by atoms with Crippen LogP contribution in [0.25, 0.3) is 0 Å². The van der Waals surface area contributed by atoms with Crippen LogP contribution >= 0.6 is 0 Å². The van der Waals surface area contributed by atoms with E-state index in [1.54, 1.807) is 6.92 Å². The fraction of sp³-hybridized carbons (Fsp3) is 0.615. The lowest BCUT2D eigenvalue weighted by Gasteiger charge is -2.24. The van der Waals surface area contributed by atoms with Crippen LogP contribution in [0.1, 0.15) is 35.8 Å². The van der Waals surface area contributed by atoms with Gasteiger partial charge < -0.3 is 16.0 Å². The lowest BCUT2D eigenvalue weighted by molar-refractivity contribution is 0.0939. The zero-order valence-corrected chi connectivity index (χ0v) is 12.1. The highest BCUT2D eigenvalue weighted by Gasteiger charge is 2.15. The maximum atomic E-state index is 12.1. The number of anilines is 1. The van der Waals surface area contributed by atoms with E-state index in [0.29, 0.717) is 23.8 Å². The summed E-state index contributed by atoms with van der Waals surface area (Å²) in [6, 6.07) is 0.337. The average Bonchev–Trinajstić information content (AvgIpc) is 2.33. The Morgan fingerprint density at radius 1 is 1.53 bits per heavy atom. The highest BCUT2D eigenvalue weighted by Crippen LogP contribution is 2.06. The summed E-state index contributed by atoms with van der Waals surface area (Å²) in [5.41, 5.74) is 6.54. The van der Waals surface area contributed by atoms with Crippen LogP contribution in [0.3, 0.4) is 0 Å². The molecule has 0 saturated carbocycles. The smallest absolute Gasteiger partial charge is 0.254 e. The molecular weight excluding hydrogens is 242 g/mol. The second kappa shape index (κ2) is 7.04. The van der Waals surface area contributed by atoms with Gasteiger partial charge in [0.2, 0.25) is 5.95 Å². The number of likely N-dealkylation sites (N-methyl/N-ethyl adjacent to an activating group) is 1. The van der Waals surface area contributed by atoms with Gasteiger partial charge in [0.05, 0.1) is 11.3 Å². The van der Waals surface area contributed by atoms with Crippen molar-refractivity contribution in [3.63, 3.8) is 0 Å². The van der Waals surface area contributed by atoms with Gasteiger partial charge in [0.25, 0.3) is 5.91 Å². The monoisotopic (exact) mass is 265 g/mol. The topological polar surface area (TPSA) is 84.1 Å². The normalized spacial score (nSPS) is 12.5. The second-order valence-electron chi connectivity index (χ2n) is 4.84. The molecule has 19 heavy (non-hydrogen) atoms. The highest BCUT2D eigenvalue weighted by molar-refractivity contribution is 5.94. The first-order valence-corrected chi connectivity index (χ1v) is 6.49. The molecule has 6 heteroatoms. The van der Waals surface area contributed by atoms with Crippen LogP contribution in [-0.2, 0) is 0 Å². The molecule has 1 aromatic heterocycles. The van der Waals surface area contributed by atoms with Gasteiger partial charge in [-0.25, -0.2) is 9.97 Å². The van der Waals surface area contributed by atoms with Gasteiger partial charge in [0.1, 0.15) is 0 Å². The summed E-state index contributed by atoms with van der Waals surface area (Å²) in [5, 5.41) is 2.92. The van der Waals surface area contributed by atoms with E-state index in [2.05, 4.69) is 27.1 Å². The van der Waals surface area contributed by atoms with E-state index in [1.807, 2.05) is 14.1 Å². The number of carbonyl (C=O) groups is 1. The number of amides is 1. The predicted octanol–water partition coefficient (Wildman–Crippen LogP) is 0.827. The summed E-state index contributed by atoms with van der Waals surface area (Å²) in [7, 11) is 4.04. The molecule has 1 heterocycles. The predicted molar refractivity (Wildman–Crippen MR) is 75.9 cm³/mol. The van der Waals surface area contributed by atoms with Crippen LogP contribution < -0.4 is 11.1 Å². The number of carbonyl (C=O) groups excluding carboxylic acids is 1. The standard InChI is InChI=1S/C13H23N5O/c1-5-6-10(18(3)4)7-15-12(19)11-8-16-13(14)17-9(11)2/h8,10H,5-7H2,1-4H3,(H,15,19)(H2,14,16,17)/t10-/m0/s1. The van der Waals surface area contributed by atoms with Crippen molar-refractivity contribution in [1.82, 2.24) is 20.2 Å². The maximum absolute atomic E-state index is 12.1. The molecule has 0 aliphatic carbocycles. The summed E-state index contributed by atoms with van der Waals surface area (Å²) in [6.07, 6.45) is 3.60. The fourth-order valence-corrected chi connectivity index (χ4v) is 1.89. The van der Waals surface area contributed by atoms with Crippen molar-refractivity contribution in [3.8, 4) is 0 Å². The lowest BCUT2D eigenvalue weighted by Crippen LogP contribution is -2.40. The molecule has 0 bridgehead atoms. The number of nitrogens with one attached hydrogen (secondary N) is 1. The minimum atomic E-state index is -0.152. The van der Waals surface area contributed by atoms with Crippen LogP contribution in [-0.4, -0.2) is 47.5 Å². The van der Waals surface area contributed by atoms with E-state index >= 15 is 0 Å². The van der Waals surface area contributed by atoms with Gasteiger partial charge in [0.15, 0.2) is 0 Å². The Bertz CT molecular complexity index is 433. The number of hydrogen-bond acceptors (Lipinski definition) is 5. The van der Waals surface area contributed by atoms with Crippen LogP contribution in [0.5, 0.6) is 0 Å². The van der Waals surface area contributed by atoms with Crippen molar-refractivity contribution in [3.05, 3.63) is 17.5 Å². The van der Waals surface area contributed by atoms with E-state index in [4.69, 9.17) is 5.73 Å². The largest absolute Gasteiger partial charge is 0.368 e. The van der Waals surface area contributed by atoms with Crippen LogP contribution in [0, 0.1) is 6.92 Å². The van der Waals surface area contributed by atoms with Crippen molar-refractivity contribution in [2.75, 3.05) is 26.4 Å². The molecule has 0 aliphatic rings. The molecule has 0 fully saturated rings. The molecule has 0 aromatic carbocycles. The number of nitrogens with two attached hydrogens (primary N) is 1. The Morgan fingerprint density at radius 2 is 2.21 bits per heavy atom. The molecule has 0 spiro atoms. The third kappa shape index (κ3) is 4.48. The minimum Gasteiger partial charge on any atom is -0.368 e. The highest BCUT2D eigenvalue weighted by atomic mass is 16.1. The third-order valence-corrected chi connectivity index (χ3v) is 3.09. The fourth-order valence-electron chi connectivity index (χ4n) is 1.89. The number of hydrogen-bond donors (Lipinski definition) is 2. The van der Waals surface area contributed by atoms with Gasteiger partial charge in [-0.1, -0.05) is 13.3 Å². The van der Waals surface area contributed by atoms with E-state index in [9.17, 15) is 4.79 Å². The Morgan fingerprint density at radius 3 is 2.74 bits per heavy atom. The van der Waals surface area contributed by atoms with Crippen molar-refractivity contribution in [2.45, 2.75) is 32.7 Å². The van der Waals surface area contributed by atoms with Crippen LogP contribution in [0.4, 0.5) is 5.95 Å². The van der Waals surface area contributed by atoms with Crippen LogP contribution in [0.2, 0.25) is 0 Å². The zero-order valence-electron chi connectivity index (χ0n) is 12.1. The van der Waals surface area contributed by atoms with E-state index in [-0.39, 0.29) is 11.9 Å².